The van der Waals surface area contributed by atoms with Crippen molar-refractivity contribution < 1.29 is 0 Å². The highest BCUT2D eigenvalue weighted by atomic mass is 79.9. The van der Waals surface area contributed by atoms with Gasteiger partial charge in [-0.1, -0.05) is 6.92 Å². The zero-order chi connectivity index (χ0) is 9.42. The average molecular weight is 260 g/mol. The van der Waals surface area contributed by atoms with Gasteiger partial charge in [0.2, 0.25) is 0 Å². The Bertz CT molecular complexity index is 288. The summed E-state index contributed by atoms with van der Waals surface area (Å²) in [7, 11) is 0. The first-order valence-corrected chi connectivity index (χ1v) is 6.26. The molecule has 1 N–H and O–H groups in total. The second-order valence-corrected chi connectivity index (χ2v) is 6.32. The van der Waals surface area contributed by atoms with Crippen LogP contribution in [0.1, 0.15) is 23.8 Å². The molecule has 1 heterocycles. The maximum atomic E-state index is 3.55. The summed E-state index contributed by atoms with van der Waals surface area (Å²) in [6.45, 7) is 5.48. The minimum absolute atomic E-state index is 0.779. The first-order chi connectivity index (χ1) is 6.16. The molecule has 0 bridgehead atoms. The van der Waals surface area contributed by atoms with E-state index < -0.39 is 0 Å². The smallest absolute Gasteiger partial charge is 0.0730 e. The molecule has 0 radical (unpaired) electrons. The Morgan fingerprint density at radius 1 is 1.69 bits per heavy atom. The Kier molecular flexibility index (Phi) is 2.77. The van der Waals surface area contributed by atoms with Crippen LogP contribution in [0.5, 0.6) is 0 Å². The summed E-state index contributed by atoms with van der Waals surface area (Å²) in [6, 6.07) is 3.04. The van der Waals surface area contributed by atoms with Crippen LogP contribution in [-0.4, -0.2) is 6.04 Å². The van der Waals surface area contributed by atoms with Crippen LogP contribution in [0.2, 0.25) is 0 Å². The average Bonchev–Trinajstić information content (AvgIpc) is 2.68. The van der Waals surface area contributed by atoms with Gasteiger partial charge in [-0.25, -0.2) is 0 Å². The third kappa shape index (κ3) is 2.33. The number of nitrogens with one attached hydrogen (secondary N) is 1. The molecule has 0 saturated heterocycles. The molecule has 0 amide bonds. The van der Waals surface area contributed by atoms with Crippen LogP contribution in [0.3, 0.4) is 0 Å². The second-order valence-electron chi connectivity index (χ2n) is 3.87. The lowest BCUT2D eigenvalue weighted by Crippen LogP contribution is -2.16. The molecule has 2 unspecified atom stereocenters. The lowest BCUT2D eigenvalue weighted by Gasteiger charge is -1.98. The van der Waals surface area contributed by atoms with Crippen LogP contribution in [0.4, 0.5) is 0 Å². The topological polar surface area (TPSA) is 12.0 Å². The second kappa shape index (κ2) is 3.71. The fourth-order valence-electron chi connectivity index (χ4n) is 1.45. The third-order valence-electron chi connectivity index (χ3n) is 2.56. The number of aryl methyl sites for hydroxylation is 1. The van der Waals surface area contributed by atoms with Gasteiger partial charge in [0.1, 0.15) is 0 Å². The SMILES string of the molecule is Cc1cc(CNC2CC2C)sc1Br. The van der Waals surface area contributed by atoms with E-state index in [0.29, 0.717) is 0 Å². The lowest BCUT2D eigenvalue weighted by atomic mass is 10.3. The Morgan fingerprint density at radius 2 is 2.38 bits per heavy atom. The summed E-state index contributed by atoms with van der Waals surface area (Å²) < 4.78 is 1.27. The van der Waals surface area contributed by atoms with Crippen molar-refractivity contribution in [3.05, 3.63) is 20.3 Å². The highest BCUT2D eigenvalue weighted by Crippen LogP contribution is 2.31. The number of rotatable bonds is 3. The quantitative estimate of drug-likeness (QED) is 0.879. The van der Waals surface area contributed by atoms with Gasteiger partial charge in [0.15, 0.2) is 0 Å². The van der Waals surface area contributed by atoms with Crippen LogP contribution < -0.4 is 5.32 Å². The molecule has 2 rings (SSSR count). The van der Waals surface area contributed by atoms with E-state index in [0.717, 1.165) is 18.5 Å². The maximum Gasteiger partial charge on any atom is 0.0730 e. The Labute approximate surface area is 91.7 Å². The fraction of sp³-hybridized carbons (Fsp3) is 0.600. The molecule has 0 aliphatic heterocycles. The molecule has 2 atom stereocenters. The molecule has 13 heavy (non-hydrogen) atoms. The molecule has 0 spiro atoms. The monoisotopic (exact) mass is 259 g/mol. The molecule has 1 nitrogen and oxygen atoms in total. The van der Waals surface area contributed by atoms with Gasteiger partial charge in [-0.2, -0.15) is 0 Å². The molecule has 1 aromatic heterocycles. The number of hydrogen-bond donors (Lipinski definition) is 1. The molecule has 3 heteroatoms. The van der Waals surface area contributed by atoms with Crippen molar-refractivity contribution in [3.8, 4) is 0 Å². The van der Waals surface area contributed by atoms with Crippen LogP contribution in [0.15, 0.2) is 9.85 Å². The minimum atomic E-state index is 0.779. The van der Waals surface area contributed by atoms with Crippen LogP contribution in [-0.2, 0) is 6.54 Å². The van der Waals surface area contributed by atoms with E-state index in [4.69, 9.17) is 0 Å². The van der Waals surface area contributed by atoms with E-state index in [2.05, 4.69) is 41.2 Å². The van der Waals surface area contributed by atoms with E-state index in [1.165, 1.54) is 20.6 Å². The highest BCUT2D eigenvalue weighted by Gasteiger charge is 2.31. The summed E-state index contributed by atoms with van der Waals surface area (Å²) in [6.07, 6.45) is 1.35. The normalized spacial score (nSPS) is 26.4. The number of thiophene rings is 1. The molecule has 1 aliphatic rings. The maximum absolute atomic E-state index is 3.55. The predicted molar refractivity (Wildman–Crippen MR) is 61.2 cm³/mol. The van der Waals surface area contributed by atoms with E-state index >= 15 is 0 Å². The van der Waals surface area contributed by atoms with Gasteiger partial charge in [0, 0.05) is 17.5 Å². The van der Waals surface area contributed by atoms with Crippen molar-refractivity contribution in [2.75, 3.05) is 0 Å². The van der Waals surface area contributed by atoms with Crippen molar-refractivity contribution in [3.63, 3.8) is 0 Å². The highest BCUT2D eigenvalue weighted by molar-refractivity contribution is 9.11. The van der Waals surface area contributed by atoms with Crippen LogP contribution in [0.25, 0.3) is 0 Å². The molecule has 1 aromatic rings. The van der Waals surface area contributed by atoms with Crippen molar-refractivity contribution in [2.24, 2.45) is 5.92 Å². The molecule has 1 fully saturated rings. The van der Waals surface area contributed by atoms with Gasteiger partial charge in [-0.05, 0) is 46.8 Å². The first-order valence-electron chi connectivity index (χ1n) is 4.65. The lowest BCUT2D eigenvalue weighted by molar-refractivity contribution is 0.658. The summed E-state index contributed by atoms with van der Waals surface area (Å²) >= 11 is 5.38. The minimum Gasteiger partial charge on any atom is -0.309 e. The van der Waals surface area contributed by atoms with Crippen LogP contribution >= 0.6 is 27.3 Å². The summed E-state index contributed by atoms with van der Waals surface area (Å²) in [4.78, 5) is 1.43. The van der Waals surface area contributed by atoms with Gasteiger partial charge in [-0.15, -0.1) is 11.3 Å². The summed E-state index contributed by atoms with van der Waals surface area (Å²) in [5.74, 6) is 0.893. The summed E-state index contributed by atoms with van der Waals surface area (Å²) in [5, 5.41) is 3.55. The van der Waals surface area contributed by atoms with E-state index in [-0.39, 0.29) is 0 Å². The van der Waals surface area contributed by atoms with Crippen molar-refractivity contribution in [2.45, 2.75) is 32.9 Å². The van der Waals surface area contributed by atoms with Gasteiger partial charge in [0.25, 0.3) is 0 Å². The first kappa shape index (κ1) is 9.69. The fourth-order valence-corrected chi connectivity index (χ4v) is 3.03. The van der Waals surface area contributed by atoms with Crippen LogP contribution in [0, 0.1) is 12.8 Å². The zero-order valence-electron chi connectivity index (χ0n) is 7.93. The predicted octanol–water partition coefficient (Wildman–Crippen LogP) is 3.32. The van der Waals surface area contributed by atoms with E-state index in [1.807, 2.05) is 11.3 Å². The zero-order valence-corrected chi connectivity index (χ0v) is 10.3. The van der Waals surface area contributed by atoms with Gasteiger partial charge in [0.05, 0.1) is 3.79 Å². The van der Waals surface area contributed by atoms with E-state index in [1.54, 1.807) is 0 Å². The molecular weight excluding hydrogens is 246 g/mol. The van der Waals surface area contributed by atoms with Crippen molar-refractivity contribution >= 4 is 27.3 Å². The number of hydrogen-bond acceptors (Lipinski definition) is 2. The molecule has 1 aliphatic carbocycles. The molecule has 72 valence electrons. The van der Waals surface area contributed by atoms with Crippen molar-refractivity contribution in [1.29, 1.82) is 0 Å². The summed E-state index contributed by atoms with van der Waals surface area (Å²) in [5.41, 5.74) is 1.35. The third-order valence-corrected chi connectivity index (χ3v) is 4.69. The molecular formula is C10H14BrNS. The Balaban J connectivity index is 1.87. The Morgan fingerprint density at radius 3 is 2.85 bits per heavy atom. The van der Waals surface area contributed by atoms with Gasteiger partial charge < -0.3 is 5.32 Å². The van der Waals surface area contributed by atoms with E-state index in [9.17, 15) is 0 Å². The molecule has 0 aromatic carbocycles. The van der Waals surface area contributed by atoms with Gasteiger partial charge >= 0.3 is 0 Å². The number of halogens is 1. The van der Waals surface area contributed by atoms with Gasteiger partial charge in [-0.3, -0.25) is 0 Å². The largest absolute Gasteiger partial charge is 0.309 e. The molecule has 1 saturated carbocycles. The standard InChI is InChI=1S/C10H14BrNS/c1-6-4-9(6)12-5-8-3-7(2)10(11)13-8/h3,6,9,12H,4-5H2,1-2H3. The van der Waals surface area contributed by atoms with Crippen molar-refractivity contribution in [1.82, 2.24) is 5.32 Å². The Hall–Kier alpha value is 0.140.